The van der Waals surface area contributed by atoms with Crippen LogP contribution < -0.4 is 0 Å². The van der Waals surface area contributed by atoms with E-state index in [0.717, 1.165) is 10.4 Å². The summed E-state index contributed by atoms with van der Waals surface area (Å²) in [4.78, 5) is 13.1. The largest absolute Gasteiger partial charge is 0.465 e. The van der Waals surface area contributed by atoms with Crippen LogP contribution in [0.3, 0.4) is 0 Å². The number of carbonyl (C=O) groups is 1. The summed E-state index contributed by atoms with van der Waals surface area (Å²) < 4.78 is 16.1. The highest BCUT2D eigenvalue weighted by Crippen LogP contribution is 2.30. The van der Waals surface area contributed by atoms with Crippen LogP contribution in [0.1, 0.15) is 47.2 Å². The van der Waals surface area contributed by atoms with E-state index in [1.54, 1.807) is 0 Å². The summed E-state index contributed by atoms with van der Waals surface area (Å²) in [5.41, 5.74) is 0.893. The monoisotopic (exact) mass is 286 g/mol. The minimum absolute atomic E-state index is 0.312. The van der Waals surface area contributed by atoms with E-state index in [1.807, 2.05) is 19.9 Å². The molecule has 1 heterocycles. The van der Waals surface area contributed by atoms with Crippen LogP contribution in [-0.4, -0.2) is 26.3 Å². The molecule has 0 aromatic carbocycles. The fourth-order valence-corrected chi connectivity index (χ4v) is 2.65. The number of rotatable bonds is 7. The fourth-order valence-electron chi connectivity index (χ4n) is 1.56. The van der Waals surface area contributed by atoms with E-state index < -0.39 is 6.29 Å². The molecule has 1 atom stereocenters. The number of methoxy groups -OCH3 is 1. The minimum atomic E-state index is -0.408. The molecule has 1 unspecified atom stereocenters. The van der Waals surface area contributed by atoms with Gasteiger partial charge in [-0.25, -0.2) is 4.79 Å². The Morgan fingerprint density at radius 2 is 2.05 bits per heavy atom. The van der Waals surface area contributed by atoms with Crippen LogP contribution in [0.25, 0.3) is 0 Å². The van der Waals surface area contributed by atoms with Crippen molar-refractivity contribution in [2.45, 2.75) is 34.0 Å². The quantitative estimate of drug-likeness (QED) is 0.568. The van der Waals surface area contributed by atoms with Gasteiger partial charge in [0.05, 0.1) is 18.6 Å². The van der Waals surface area contributed by atoms with Gasteiger partial charge in [-0.1, -0.05) is 13.8 Å². The summed E-state index contributed by atoms with van der Waals surface area (Å²) in [6.45, 7) is 9.17. The molecule has 4 nitrogen and oxygen atoms in total. The highest BCUT2D eigenvalue weighted by Gasteiger charge is 2.20. The average Bonchev–Trinajstić information content (AvgIpc) is 2.75. The Balaban J connectivity index is 2.87. The zero-order chi connectivity index (χ0) is 14.4. The van der Waals surface area contributed by atoms with Crippen LogP contribution in [0.15, 0.2) is 6.07 Å². The Bertz CT molecular complexity index is 412. The molecule has 0 radical (unpaired) electrons. The van der Waals surface area contributed by atoms with Gasteiger partial charge < -0.3 is 14.2 Å². The Labute approximate surface area is 118 Å². The van der Waals surface area contributed by atoms with Crippen LogP contribution in [0.2, 0.25) is 0 Å². The van der Waals surface area contributed by atoms with Crippen molar-refractivity contribution in [1.29, 1.82) is 0 Å². The van der Waals surface area contributed by atoms with Gasteiger partial charge in [-0.3, -0.25) is 0 Å². The second-order valence-corrected chi connectivity index (χ2v) is 5.75. The van der Waals surface area contributed by atoms with Gasteiger partial charge >= 0.3 is 5.97 Å². The summed E-state index contributed by atoms with van der Waals surface area (Å²) in [6.07, 6.45) is -0.408. The van der Waals surface area contributed by atoms with Crippen LogP contribution in [0.5, 0.6) is 0 Å². The maximum Gasteiger partial charge on any atom is 0.348 e. The number of thiophene rings is 1. The molecule has 0 aliphatic rings. The molecular weight excluding hydrogens is 264 g/mol. The summed E-state index contributed by atoms with van der Waals surface area (Å²) >= 11 is 1.37. The molecule has 1 rings (SSSR count). The van der Waals surface area contributed by atoms with Crippen LogP contribution in [0, 0.1) is 12.8 Å². The maximum absolute atomic E-state index is 11.6. The van der Waals surface area contributed by atoms with Crippen molar-refractivity contribution in [2.75, 3.05) is 20.3 Å². The number of hydrogen-bond donors (Lipinski definition) is 0. The minimum Gasteiger partial charge on any atom is -0.465 e. The standard InChI is InChI=1S/C14H22O4S/c1-6-17-14(18-8-9(2)3)11-7-10(4)12(19-11)13(15)16-5/h7,9,14H,6,8H2,1-5H3. The van der Waals surface area contributed by atoms with E-state index in [-0.39, 0.29) is 5.97 Å². The van der Waals surface area contributed by atoms with Crippen LogP contribution in [0.4, 0.5) is 0 Å². The van der Waals surface area contributed by atoms with E-state index >= 15 is 0 Å². The molecule has 0 fully saturated rings. The molecule has 0 bridgehead atoms. The lowest BCUT2D eigenvalue weighted by molar-refractivity contribution is -0.147. The van der Waals surface area contributed by atoms with Gasteiger partial charge in [0.15, 0.2) is 6.29 Å². The first-order valence-electron chi connectivity index (χ1n) is 6.41. The third-order valence-corrected chi connectivity index (χ3v) is 3.68. The topological polar surface area (TPSA) is 44.8 Å². The van der Waals surface area contributed by atoms with Crippen molar-refractivity contribution in [2.24, 2.45) is 5.92 Å². The van der Waals surface area contributed by atoms with E-state index in [4.69, 9.17) is 14.2 Å². The van der Waals surface area contributed by atoms with E-state index in [1.165, 1.54) is 18.4 Å². The summed E-state index contributed by atoms with van der Waals surface area (Å²) in [7, 11) is 1.39. The summed E-state index contributed by atoms with van der Waals surface area (Å²) in [5.74, 6) is 0.122. The van der Waals surface area contributed by atoms with Crippen molar-refractivity contribution < 1.29 is 19.0 Å². The first-order valence-corrected chi connectivity index (χ1v) is 7.23. The lowest BCUT2D eigenvalue weighted by atomic mass is 10.2. The van der Waals surface area contributed by atoms with Crippen LogP contribution >= 0.6 is 11.3 Å². The third kappa shape index (κ3) is 4.60. The second kappa shape index (κ2) is 7.62. The molecule has 19 heavy (non-hydrogen) atoms. The number of ether oxygens (including phenoxy) is 3. The highest BCUT2D eigenvalue weighted by atomic mass is 32.1. The highest BCUT2D eigenvalue weighted by molar-refractivity contribution is 7.14. The van der Waals surface area contributed by atoms with Crippen molar-refractivity contribution in [3.05, 3.63) is 21.4 Å². The molecule has 0 N–H and O–H groups in total. The van der Waals surface area contributed by atoms with Gasteiger partial charge in [0.25, 0.3) is 0 Å². The van der Waals surface area contributed by atoms with E-state index in [9.17, 15) is 4.79 Å². The summed E-state index contributed by atoms with van der Waals surface area (Å²) in [6, 6.07) is 1.93. The number of esters is 1. The normalized spacial score (nSPS) is 12.7. The molecule has 0 aliphatic heterocycles. The van der Waals surface area contributed by atoms with Gasteiger partial charge in [0.2, 0.25) is 0 Å². The number of hydrogen-bond acceptors (Lipinski definition) is 5. The molecule has 0 aliphatic carbocycles. The smallest absolute Gasteiger partial charge is 0.348 e. The Kier molecular flexibility index (Phi) is 6.48. The SMILES string of the molecule is CCOC(OCC(C)C)c1cc(C)c(C(=O)OC)s1. The third-order valence-electron chi connectivity index (χ3n) is 2.44. The molecule has 0 amide bonds. The molecule has 1 aromatic rings. The maximum atomic E-state index is 11.6. The number of carbonyl (C=O) groups excluding carboxylic acids is 1. The van der Waals surface area contributed by atoms with Crippen molar-refractivity contribution in [3.63, 3.8) is 0 Å². The van der Waals surface area contributed by atoms with Gasteiger partial charge in [-0.2, -0.15) is 0 Å². The lowest BCUT2D eigenvalue weighted by Gasteiger charge is -2.17. The van der Waals surface area contributed by atoms with Crippen molar-refractivity contribution in [3.8, 4) is 0 Å². The van der Waals surface area contributed by atoms with Gasteiger partial charge in [0, 0.05) is 6.61 Å². The Hall–Kier alpha value is -0.910. The molecule has 0 saturated heterocycles. The van der Waals surface area contributed by atoms with E-state index in [0.29, 0.717) is 24.0 Å². The predicted octanol–water partition coefficient (Wildman–Crippen LogP) is 3.55. The molecular formula is C14H22O4S. The average molecular weight is 286 g/mol. The number of aryl methyl sites for hydroxylation is 1. The zero-order valence-electron chi connectivity index (χ0n) is 12.2. The fraction of sp³-hybridized carbons (Fsp3) is 0.643. The van der Waals surface area contributed by atoms with Gasteiger partial charge in [0.1, 0.15) is 4.88 Å². The second-order valence-electron chi connectivity index (χ2n) is 4.67. The zero-order valence-corrected chi connectivity index (χ0v) is 13.0. The Morgan fingerprint density at radius 3 is 2.58 bits per heavy atom. The van der Waals surface area contributed by atoms with E-state index in [2.05, 4.69) is 13.8 Å². The Morgan fingerprint density at radius 1 is 1.37 bits per heavy atom. The van der Waals surface area contributed by atoms with Crippen molar-refractivity contribution >= 4 is 17.3 Å². The molecule has 5 heteroatoms. The van der Waals surface area contributed by atoms with Crippen LogP contribution in [-0.2, 0) is 14.2 Å². The first-order chi connectivity index (χ1) is 8.99. The van der Waals surface area contributed by atoms with Gasteiger partial charge in [-0.15, -0.1) is 11.3 Å². The molecule has 0 spiro atoms. The molecule has 0 saturated carbocycles. The lowest BCUT2D eigenvalue weighted by Crippen LogP contribution is -2.11. The predicted molar refractivity (Wildman–Crippen MR) is 75.6 cm³/mol. The molecule has 1 aromatic heterocycles. The summed E-state index contributed by atoms with van der Waals surface area (Å²) in [5, 5.41) is 0. The molecule has 108 valence electrons. The first kappa shape index (κ1) is 16.1. The van der Waals surface area contributed by atoms with Crippen molar-refractivity contribution in [1.82, 2.24) is 0 Å². The van der Waals surface area contributed by atoms with Gasteiger partial charge in [-0.05, 0) is 31.4 Å².